The summed E-state index contributed by atoms with van der Waals surface area (Å²) in [4.78, 5) is 2.04. The molecule has 0 aromatic heterocycles. The average molecular weight is 288 g/mol. The fraction of sp³-hybridized carbons (Fsp3) is 0.571. The lowest BCUT2D eigenvalue weighted by Crippen LogP contribution is -2.19. The fourth-order valence-corrected chi connectivity index (χ4v) is 1.82. The Morgan fingerprint density at radius 2 is 1.84 bits per heavy atom. The van der Waals surface area contributed by atoms with Crippen LogP contribution in [0.25, 0.3) is 0 Å². The second-order valence-corrected chi connectivity index (χ2v) is 5.09. The standard InChI is InChI=1S/C14H22ClNO3/c1-16(2)9-10-19-12-5-3-11(4-6-12)14(18)13(17)7-8-15/h3-6,13-14,17-18H,7-10H2,1-2H3. The Morgan fingerprint density at radius 3 is 2.37 bits per heavy atom. The first-order valence-corrected chi connectivity index (χ1v) is 6.87. The Morgan fingerprint density at radius 1 is 1.21 bits per heavy atom. The average Bonchev–Trinajstić information content (AvgIpc) is 2.38. The summed E-state index contributed by atoms with van der Waals surface area (Å²) in [6, 6.07) is 7.10. The lowest BCUT2D eigenvalue weighted by Gasteiger charge is -2.17. The zero-order valence-corrected chi connectivity index (χ0v) is 12.2. The van der Waals surface area contributed by atoms with Crippen LogP contribution in [0, 0.1) is 0 Å². The number of halogens is 1. The third-order valence-electron chi connectivity index (χ3n) is 2.80. The number of nitrogens with zero attached hydrogens (tertiary/aromatic N) is 1. The molecule has 0 radical (unpaired) electrons. The summed E-state index contributed by atoms with van der Waals surface area (Å²) in [7, 11) is 3.97. The molecule has 0 saturated heterocycles. The van der Waals surface area contributed by atoms with Gasteiger partial charge in [0.15, 0.2) is 0 Å². The quantitative estimate of drug-likeness (QED) is 0.714. The number of aliphatic hydroxyl groups excluding tert-OH is 2. The van der Waals surface area contributed by atoms with Gasteiger partial charge in [-0.05, 0) is 38.2 Å². The second-order valence-electron chi connectivity index (χ2n) is 4.71. The van der Waals surface area contributed by atoms with Gasteiger partial charge in [0.2, 0.25) is 0 Å². The minimum atomic E-state index is -0.908. The molecular weight excluding hydrogens is 266 g/mol. The third-order valence-corrected chi connectivity index (χ3v) is 3.02. The lowest BCUT2D eigenvalue weighted by atomic mass is 10.0. The molecule has 1 aromatic carbocycles. The molecule has 0 aliphatic heterocycles. The molecule has 2 atom stereocenters. The van der Waals surface area contributed by atoms with E-state index < -0.39 is 12.2 Å². The van der Waals surface area contributed by atoms with Crippen molar-refractivity contribution in [2.75, 3.05) is 33.1 Å². The van der Waals surface area contributed by atoms with Crippen molar-refractivity contribution in [3.8, 4) is 5.75 Å². The van der Waals surface area contributed by atoms with E-state index in [1.165, 1.54) is 0 Å². The Balaban J connectivity index is 2.51. The highest BCUT2D eigenvalue weighted by atomic mass is 35.5. The van der Waals surface area contributed by atoms with Gasteiger partial charge in [0.25, 0.3) is 0 Å². The molecule has 1 rings (SSSR count). The van der Waals surface area contributed by atoms with Gasteiger partial charge in [0.05, 0.1) is 6.10 Å². The maximum Gasteiger partial charge on any atom is 0.119 e. The van der Waals surface area contributed by atoms with Gasteiger partial charge in [0, 0.05) is 12.4 Å². The summed E-state index contributed by atoms with van der Waals surface area (Å²) >= 11 is 5.54. The molecular formula is C14H22ClNO3. The number of hydrogen-bond donors (Lipinski definition) is 2. The van der Waals surface area contributed by atoms with Crippen molar-refractivity contribution in [3.05, 3.63) is 29.8 Å². The molecule has 0 aliphatic rings. The first kappa shape index (κ1) is 16.2. The van der Waals surface area contributed by atoms with E-state index in [0.29, 0.717) is 24.5 Å². The third kappa shape index (κ3) is 5.78. The molecule has 0 bridgehead atoms. The molecule has 1 aromatic rings. The topological polar surface area (TPSA) is 52.9 Å². The van der Waals surface area contributed by atoms with Crippen molar-refractivity contribution in [1.29, 1.82) is 0 Å². The summed E-state index contributed by atoms with van der Waals surface area (Å²) < 4.78 is 5.55. The number of ether oxygens (including phenoxy) is 1. The number of alkyl halides is 1. The summed E-state index contributed by atoms with van der Waals surface area (Å²) in [6.45, 7) is 1.46. The van der Waals surface area contributed by atoms with E-state index in [4.69, 9.17) is 16.3 Å². The van der Waals surface area contributed by atoms with Crippen molar-refractivity contribution < 1.29 is 14.9 Å². The van der Waals surface area contributed by atoms with E-state index in [0.717, 1.165) is 12.3 Å². The molecule has 0 aliphatic carbocycles. The van der Waals surface area contributed by atoms with Crippen LogP contribution in [0.5, 0.6) is 5.75 Å². The molecule has 2 unspecified atom stereocenters. The Kier molecular flexibility index (Phi) is 7.16. The maximum absolute atomic E-state index is 9.90. The molecule has 0 saturated carbocycles. The normalized spacial score (nSPS) is 14.4. The number of likely N-dealkylation sites (N-methyl/N-ethyl adjacent to an activating group) is 1. The van der Waals surface area contributed by atoms with Crippen molar-refractivity contribution in [2.24, 2.45) is 0 Å². The molecule has 0 spiro atoms. The zero-order valence-electron chi connectivity index (χ0n) is 11.4. The van der Waals surface area contributed by atoms with Crippen molar-refractivity contribution in [2.45, 2.75) is 18.6 Å². The van der Waals surface area contributed by atoms with Gasteiger partial charge >= 0.3 is 0 Å². The van der Waals surface area contributed by atoms with Crippen LogP contribution < -0.4 is 4.74 Å². The van der Waals surface area contributed by atoms with E-state index in [-0.39, 0.29) is 0 Å². The Hall–Kier alpha value is -0.810. The van der Waals surface area contributed by atoms with Gasteiger partial charge in [-0.2, -0.15) is 0 Å². The summed E-state index contributed by atoms with van der Waals surface area (Å²) in [5.41, 5.74) is 0.664. The van der Waals surface area contributed by atoms with E-state index >= 15 is 0 Å². The molecule has 5 heteroatoms. The number of hydrogen-bond acceptors (Lipinski definition) is 4. The lowest BCUT2D eigenvalue weighted by molar-refractivity contribution is 0.0170. The molecule has 4 nitrogen and oxygen atoms in total. The van der Waals surface area contributed by atoms with Gasteiger partial charge in [-0.15, -0.1) is 11.6 Å². The predicted molar refractivity (Wildman–Crippen MR) is 76.8 cm³/mol. The number of aliphatic hydroxyl groups is 2. The first-order chi connectivity index (χ1) is 9.04. The highest BCUT2D eigenvalue weighted by molar-refractivity contribution is 6.17. The molecule has 19 heavy (non-hydrogen) atoms. The smallest absolute Gasteiger partial charge is 0.119 e. The van der Waals surface area contributed by atoms with Gasteiger partial charge in [0.1, 0.15) is 18.5 Å². The molecule has 0 fully saturated rings. The fourth-order valence-electron chi connectivity index (χ4n) is 1.60. The predicted octanol–water partition coefficient (Wildman–Crippen LogP) is 1.65. The Labute approximate surface area is 119 Å². The van der Waals surface area contributed by atoms with Crippen LogP contribution >= 0.6 is 11.6 Å². The van der Waals surface area contributed by atoms with Crippen LogP contribution in [0.3, 0.4) is 0 Å². The van der Waals surface area contributed by atoms with Gasteiger partial charge < -0.3 is 19.8 Å². The van der Waals surface area contributed by atoms with Crippen LogP contribution in [-0.2, 0) is 0 Å². The molecule has 0 heterocycles. The minimum Gasteiger partial charge on any atom is -0.492 e. The van der Waals surface area contributed by atoms with Crippen LogP contribution in [0.1, 0.15) is 18.1 Å². The van der Waals surface area contributed by atoms with Crippen LogP contribution in [0.4, 0.5) is 0 Å². The van der Waals surface area contributed by atoms with Gasteiger partial charge in [-0.25, -0.2) is 0 Å². The van der Waals surface area contributed by atoms with Gasteiger partial charge in [-0.3, -0.25) is 0 Å². The monoisotopic (exact) mass is 287 g/mol. The Bertz CT molecular complexity index is 356. The minimum absolute atomic E-state index is 0.323. The van der Waals surface area contributed by atoms with Crippen molar-refractivity contribution in [1.82, 2.24) is 4.90 Å². The molecule has 0 amide bonds. The van der Waals surface area contributed by atoms with E-state index in [9.17, 15) is 10.2 Å². The highest BCUT2D eigenvalue weighted by Gasteiger charge is 2.17. The SMILES string of the molecule is CN(C)CCOc1ccc(C(O)C(O)CCCl)cc1. The summed E-state index contributed by atoms with van der Waals surface area (Å²) in [5.74, 6) is 1.08. The van der Waals surface area contributed by atoms with Crippen LogP contribution in [-0.4, -0.2) is 54.3 Å². The largest absolute Gasteiger partial charge is 0.492 e. The summed E-state index contributed by atoms with van der Waals surface area (Å²) in [6.07, 6.45) is -1.38. The highest BCUT2D eigenvalue weighted by Crippen LogP contribution is 2.22. The van der Waals surface area contributed by atoms with E-state index in [1.807, 2.05) is 19.0 Å². The van der Waals surface area contributed by atoms with Gasteiger partial charge in [-0.1, -0.05) is 12.1 Å². The van der Waals surface area contributed by atoms with Crippen molar-refractivity contribution in [3.63, 3.8) is 0 Å². The van der Waals surface area contributed by atoms with Crippen molar-refractivity contribution >= 4 is 11.6 Å². The maximum atomic E-state index is 9.90. The second kappa shape index (κ2) is 8.38. The number of benzene rings is 1. The van der Waals surface area contributed by atoms with Crippen LogP contribution in [0.2, 0.25) is 0 Å². The number of rotatable bonds is 8. The molecule has 108 valence electrons. The zero-order chi connectivity index (χ0) is 14.3. The van der Waals surface area contributed by atoms with E-state index in [1.54, 1.807) is 24.3 Å². The van der Waals surface area contributed by atoms with Crippen LogP contribution in [0.15, 0.2) is 24.3 Å². The summed E-state index contributed by atoms with van der Waals surface area (Å²) in [5, 5.41) is 19.6. The molecule has 2 N–H and O–H groups in total. The first-order valence-electron chi connectivity index (χ1n) is 6.34. The van der Waals surface area contributed by atoms with E-state index in [2.05, 4.69) is 0 Å².